The fraction of sp³-hybridized carbons (Fsp3) is 0.500. The molecule has 1 aromatic rings. The first-order chi connectivity index (χ1) is 9.17. The molecule has 4 N–H and O–H groups in total. The molecule has 1 amide bonds. The van der Waals surface area contributed by atoms with E-state index in [1.165, 1.54) is 0 Å². The maximum atomic E-state index is 11.7. The highest BCUT2D eigenvalue weighted by atomic mass is 16.5. The monoisotopic (exact) mass is 266 g/mol. The number of carbonyl (C=O) groups is 1. The molecule has 1 aromatic carbocycles. The van der Waals surface area contributed by atoms with Gasteiger partial charge in [-0.25, -0.2) is 0 Å². The van der Waals surface area contributed by atoms with Gasteiger partial charge in [0.1, 0.15) is 5.75 Å². The minimum atomic E-state index is -0.0743. The quantitative estimate of drug-likeness (QED) is 0.619. The average Bonchev–Trinajstić information content (AvgIpc) is 2.40. The summed E-state index contributed by atoms with van der Waals surface area (Å²) in [4.78, 5) is 11.7. The first-order valence-electron chi connectivity index (χ1n) is 6.55. The van der Waals surface area contributed by atoms with Crippen molar-refractivity contribution in [3.63, 3.8) is 0 Å². The molecule has 0 spiro atoms. The SMILES string of the molecule is CCC(CCO)NC(=O)CCOc1ccccc1N. The third-order valence-electron chi connectivity index (χ3n) is 2.84. The van der Waals surface area contributed by atoms with Crippen LogP contribution in [0.4, 0.5) is 5.69 Å². The van der Waals surface area contributed by atoms with Gasteiger partial charge in [-0.1, -0.05) is 19.1 Å². The minimum absolute atomic E-state index is 0.0271. The first kappa shape index (κ1) is 15.3. The molecule has 0 aliphatic heterocycles. The Kier molecular flexibility index (Phi) is 6.74. The third kappa shape index (κ3) is 5.61. The lowest BCUT2D eigenvalue weighted by atomic mass is 10.1. The number of amides is 1. The van der Waals surface area contributed by atoms with Crippen molar-refractivity contribution in [3.8, 4) is 5.75 Å². The van der Waals surface area contributed by atoms with Gasteiger partial charge in [-0.3, -0.25) is 4.79 Å². The van der Waals surface area contributed by atoms with Crippen molar-refractivity contribution in [1.82, 2.24) is 5.32 Å². The number of nitrogens with one attached hydrogen (secondary N) is 1. The van der Waals surface area contributed by atoms with Gasteiger partial charge in [0, 0.05) is 12.6 Å². The summed E-state index contributed by atoms with van der Waals surface area (Å²) in [6.07, 6.45) is 1.66. The van der Waals surface area contributed by atoms with Crippen molar-refractivity contribution < 1.29 is 14.6 Å². The molecule has 106 valence electrons. The van der Waals surface area contributed by atoms with Crippen LogP contribution in [0.25, 0.3) is 0 Å². The van der Waals surface area contributed by atoms with Gasteiger partial charge in [-0.05, 0) is 25.0 Å². The van der Waals surface area contributed by atoms with E-state index in [-0.39, 0.29) is 31.6 Å². The van der Waals surface area contributed by atoms with Gasteiger partial charge in [-0.2, -0.15) is 0 Å². The van der Waals surface area contributed by atoms with Crippen molar-refractivity contribution >= 4 is 11.6 Å². The summed E-state index contributed by atoms with van der Waals surface area (Å²) in [7, 11) is 0. The summed E-state index contributed by atoms with van der Waals surface area (Å²) in [6, 6.07) is 7.21. The van der Waals surface area contributed by atoms with Crippen LogP contribution in [0.3, 0.4) is 0 Å². The molecule has 19 heavy (non-hydrogen) atoms. The van der Waals surface area contributed by atoms with E-state index in [2.05, 4.69) is 5.32 Å². The van der Waals surface area contributed by atoms with Gasteiger partial charge in [0.25, 0.3) is 0 Å². The number of carbonyl (C=O) groups excluding carboxylic acids is 1. The van der Waals surface area contributed by atoms with Gasteiger partial charge >= 0.3 is 0 Å². The van der Waals surface area contributed by atoms with Gasteiger partial charge in [-0.15, -0.1) is 0 Å². The lowest BCUT2D eigenvalue weighted by Gasteiger charge is -2.16. The first-order valence-corrected chi connectivity index (χ1v) is 6.55. The lowest BCUT2D eigenvalue weighted by Crippen LogP contribution is -2.35. The second kappa shape index (κ2) is 8.37. The zero-order chi connectivity index (χ0) is 14.1. The Morgan fingerprint density at radius 2 is 2.21 bits per heavy atom. The van der Waals surface area contributed by atoms with E-state index in [1.807, 2.05) is 19.1 Å². The van der Waals surface area contributed by atoms with Gasteiger partial charge in [0.05, 0.1) is 18.7 Å². The van der Waals surface area contributed by atoms with Crippen LogP contribution in [0, 0.1) is 0 Å². The number of ether oxygens (including phenoxy) is 1. The van der Waals surface area contributed by atoms with Crippen molar-refractivity contribution in [3.05, 3.63) is 24.3 Å². The summed E-state index contributed by atoms with van der Waals surface area (Å²) in [5.41, 5.74) is 6.29. The minimum Gasteiger partial charge on any atom is -0.491 e. The fourth-order valence-electron chi connectivity index (χ4n) is 1.70. The highest BCUT2D eigenvalue weighted by Gasteiger charge is 2.10. The maximum Gasteiger partial charge on any atom is 0.223 e. The zero-order valence-electron chi connectivity index (χ0n) is 11.3. The normalized spacial score (nSPS) is 11.9. The number of hydrogen-bond acceptors (Lipinski definition) is 4. The van der Waals surface area contributed by atoms with Crippen molar-refractivity contribution in [2.75, 3.05) is 18.9 Å². The number of nitrogens with two attached hydrogens (primary N) is 1. The molecule has 0 aliphatic carbocycles. The van der Waals surface area contributed by atoms with Crippen LogP contribution in [-0.4, -0.2) is 30.3 Å². The molecule has 0 fully saturated rings. The Morgan fingerprint density at radius 1 is 1.47 bits per heavy atom. The molecule has 1 unspecified atom stereocenters. The molecule has 0 saturated heterocycles. The van der Waals surface area contributed by atoms with Gasteiger partial charge in [0.15, 0.2) is 0 Å². The van der Waals surface area contributed by atoms with Crippen molar-refractivity contribution in [2.24, 2.45) is 0 Å². The predicted octanol–water partition coefficient (Wildman–Crippen LogP) is 1.31. The molecular formula is C14H22N2O3. The van der Waals surface area contributed by atoms with E-state index in [4.69, 9.17) is 15.6 Å². The Balaban J connectivity index is 2.29. The average molecular weight is 266 g/mol. The number of nitrogen functional groups attached to an aromatic ring is 1. The molecule has 5 heteroatoms. The molecule has 0 heterocycles. The van der Waals surface area contributed by atoms with Crippen LogP contribution in [0.15, 0.2) is 24.3 Å². The van der Waals surface area contributed by atoms with E-state index in [0.29, 0.717) is 17.9 Å². The molecule has 0 saturated carbocycles. The Hall–Kier alpha value is -1.75. The molecular weight excluding hydrogens is 244 g/mol. The third-order valence-corrected chi connectivity index (χ3v) is 2.84. The van der Waals surface area contributed by atoms with E-state index in [0.717, 1.165) is 6.42 Å². The fourth-order valence-corrected chi connectivity index (χ4v) is 1.70. The largest absolute Gasteiger partial charge is 0.491 e. The van der Waals surface area contributed by atoms with Gasteiger partial charge < -0.3 is 20.9 Å². The second-order valence-electron chi connectivity index (χ2n) is 4.32. The number of hydrogen-bond donors (Lipinski definition) is 3. The smallest absolute Gasteiger partial charge is 0.223 e. The van der Waals surface area contributed by atoms with Crippen LogP contribution >= 0.6 is 0 Å². The van der Waals surface area contributed by atoms with Gasteiger partial charge in [0.2, 0.25) is 5.91 Å². The van der Waals surface area contributed by atoms with Crippen LogP contribution in [0.1, 0.15) is 26.2 Å². The number of anilines is 1. The molecule has 1 rings (SSSR count). The summed E-state index contributed by atoms with van der Waals surface area (Å²) in [6.45, 7) is 2.34. The highest BCUT2D eigenvalue weighted by molar-refractivity contribution is 5.76. The van der Waals surface area contributed by atoms with Crippen LogP contribution in [0.2, 0.25) is 0 Å². The maximum absolute atomic E-state index is 11.7. The number of para-hydroxylation sites is 2. The Labute approximate surface area is 113 Å². The topological polar surface area (TPSA) is 84.6 Å². The lowest BCUT2D eigenvalue weighted by molar-refractivity contribution is -0.122. The van der Waals surface area contributed by atoms with Crippen LogP contribution in [-0.2, 0) is 4.79 Å². The van der Waals surface area contributed by atoms with E-state index in [1.54, 1.807) is 12.1 Å². The van der Waals surface area contributed by atoms with Crippen LogP contribution < -0.4 is 15.8 Å². The second-order valence-corrected chi connectivity index (χ2v) is 4.32. The summed E-state index contributed by atoms with van der Waals surface area (Å²) in [5.74, 6) is 0.521. The Morgan fingerprint density at radius 3 is 2.84 bits per heavy atom. The summed E-state index contributed by atoms with van der Waals surface area (Å²) in [5, 5.41) is 11.7. The zero-order valence-corrected chi connectivity index (χ0v) is 11.3. The number of benzene rings is 1. The van der Waals surface area contributed by atoms with Crippen molar-refractivity contribution in [2.45, 2.75) is 32.2 Å². The summed E-state index contributed by atoms with van der Waals surface area (Å²) < 4.78 is 5.45. The van der Waals surface area contributed by atoms with E-state index in [9.17, 15) is 4.79 Å². The standard InChI is InChI=1S/C14H22N2O3/c1-2-11(7-9-17)16-14(18)8-10-19-13-6-4-3-5-12(13)15/h3-6,11,17H,2,7-10,15H2,1H3,(H,16,18). The molecule has 0 aromatic heterocycles. The number of aliphatic hydroxyl groups excluding tert-OH is 1. The predicted molar refractivity (Wildman–Crippen MR) is 74.9 cm³/mol. The molecule has 0 radical (unpaired) electrons. The molecule has 5 nitrogen and oxygen atoms in total. The molecule has 1 atom stereocenters. The summed E-state index contributed by atoms with van der Waals surface area (Å²) >= 11 is 0. The van der Waals surface area contributed by atoms with E-state index < -0.39 is 0 Å². The Bertz CT molecular complexity index is 396. The molecule has 0 aliphatic rings. The number of aliphatic hydroxyl groups is 1. The van der Waals surface area contributed by atoms with Crippen LogP contribution in [0.5, 0.6) is 5.75 Å². The highest BCUT2D eigenvalue weighted by Crippen LogP contribution is 2.19. The van der Waals surface area contributed by atoms with E-state index >= 15 is 0 Å². The number of rotatable bonds is 8. The van der Waals surface area contributed by atoms with Crippen molar-refractivity contribution in [1.29, 1.82) is 0 Å². The molecule has 0 bridgehead atoms.